The maximum atomic E-state index is 11.1. The van der Waals surface area contributed by atoms with Crippen LogP contribution in [-0.4, -0.2) is 34.1 Å². The summed E-state index contributed by atoms with van der Waals surface area (Å²) in [4.78, 5) is 6.94. The van der Waals surface area contributed by atoms with Crippen LogP contribution in [0.1, 0.15) is 37.9 Å². The van der Waals surface area contributed by atoms with E-state index in [9.17, 15) is 5.11 Å². The number of nitrogens with zero attached hydrogens (tertiary/aromatic N) is 2. The van der Waals surface area contributed by atoms with Crippen molar-refractivity contribution < 1.29 is 5.11 Å². The number of fused-ring (bicyclic) bond motifs is 4. The lowest BCUT2D eigenvalue weighted by Gasteiger charge is -2.51. The highest BCUT2D eigenvalue weighted by Crippen LogP contribution is 2.42. The number of pyridine rings is 1. The molecule has 3 aliphatic rings. The van der Waals surface area contributed by atoms with Crippen LogP contribution in [0.2, 0.25) is 0 Å². The molecular formula is C19H24N2O. The van der Waals surface area contributed by atoms with Crippen LogP contribution in [0.25, 0.3) is 10.9 Å². The van der Waals surface area contributed by atoms with Crippen molar-refractivity contribution in [2.24, 2.45) is 11.8 Å². The first-order valence-corrected chi connectivity index (χ1v) is 8.53. The average molecular weight is 296 g/mol. The molecule has 0 spiro atoms. The number of hydrogen-bond donors (Lipinski definition) is 1. The fraction of sp³-hybridized carbons (Fsp3) is 0.526. The number of rotatable bonds is 3. The fourth-order valence-electron chi connectivity index (χ4n) is 4.55. The second-order valence-electron chi connectivity index (χ2n) is 6.88. The van der Waals surface area contributed by atoms with Crippen LogP contribution in [0.3, 0.4) is 0 Å². The molecule has 0 aliphatic carbocycles. The third kappa shape index (κ3) is 2.24. The van der Waals surface area contributed by atoms with Gasteiger partial charge >= 0.3 is 0 Å². The zero-order chi connectivity index (χ0) is 15.1. The summed E-state index contributed by atoms with van der Waals surface area (Å²) in [6.45, 7) is 4.60. The molecule has 3 aliphatic heterocycles. The Hall–Kier alpha value is -1.45. The summed E-state index contributed by atoms with van der Waals surface area (Å²) in [6, 6.07) is 10.4. The summed E-state index contributed by atoms with van der Waals surface area (Å²) in [7, 11) is 0. The van der Waals surface area contributed by atoms with Gasteiger partial charge in [0, 0.05) is 24.2 Å². The van der Waals surface area contributed by atoms with Crippen molar-refractivity contribution in [2.45, 2.75) is 38.3 Å². The monoisotopic (exact) mass is 296 g/mol. The van der Waals surface area contributed by atoms with E-state index in [4.69, 9.17) is 0 Å². The lowest BCUT2D eigenvalue weighted by molar-refractivity contribution is -0.0562. The number of hydrogen-bond acceptors (Lipinski definition) is 3. The number of aromatic nitrogens is 1. The van der Waals surface area contributed by atoms with Gasteiger partial charge in [0.1, 0.15) is 0 Å². The summed E-state index contributed by atoms with van der Waals surface area (Å²) in [5, 5.41) is 12.1. The van der Waals surface area contributed by atoms with Gasteiger partial charge in [0.25, 0.3) is 0 Å². The summed E-state index contributed by atoms with van der Waals surface area (Å²) in [5.41, 5.74) is 2.01. The Labute approximate surface area is 132 Å². The molecule has 2 aromatic rings. The molecule has 4 heterocycles. The molecule has 0 radical (unpaired) electrons. The third-order valence-corrected chi connectivity index (χ3v) is 5.83. The molecule has 5 atom stereocenters. The summed E-state index contributed by atoms with van der Waals surface area (Å²) >= 11 is 0. The second kappa shape index (κ2) is 5.64. The van der Waals surface area contributed by atoms with E-state index in [1.165, 1.54) is 12.8 Å². The van der Waals surface area contributed by atoms with Crippen LogP contribution in [0.5, 0.6) is 0 Å². The molecule has 3 nitrogen and oxygen atoms in total. The van der Waals surface area contributed by atoms with Gasteiger partial charge in [-0.25, -0.2) is 0 Å². The Morgan fingerprint density at radius 1 is 1.32 bits per heavy atom. The highest BCUT2D eigenvalue weighted by Gasteiger charge is 2.42. The summed E-state index contributed by atoms with van der Waals surface area (Å²) in [6.07, 6.45) is 5.12. The van der Waals surface area contributed by atoms with Gasteiger partial charge < -0.3 is 5.11 Å². The minimum Gasteiger partial charge on any atom is -0.387 e. The second-order valence-corrected chi connectivity index (χ2v) is 6.88. The number of aliphatic hydroxyl groups excluding tert-OH is 1. The molecular weight excluding hydrogens is 272 g/mol. The first-order chi connectivity index (χ1) is 10.8. The molecule has 1 N–H and O–H groups in total. The molecule has 0 saturated carbocycles. The minimum atomic E-state index is -0.409. The fourth-order valence-corrected chi connectivity index (χ4v) is 4.55. The molecule has 1 aromatic heterocycles. The van der Waals surface area contributed by atoms with Gasteiger partial charge in [-0.05, 0) is 48.9 Å². The van der Waals surface area contributed by atoms with E-state index in [2.05, 4.69) is 22.9 Å². The lowest BCUT2D eigenvalue weighted by atomic mass is 9.72. The predicted octanol–water partition coefficient (Wildman–Crippen LogP) is 3.39. The van der Waals surface area contributed by atoms with Gasteiger partial charge in [0.05, 0.1) is 11.6 Å². The normalized spacial score (nSPS) is 32.3. The maximum Gasteiger partial charge on any atom is 0.0952 e. The maximum absolute atomic E-state index is 11.1. The Balaban J connectivity index is 1.66. The number of piperidine rings is 3. The van der Waals surface area contributed by atoms with E-state index in [1.54, 1.807) is 0 Å². The molecule has 5 rings (SSSR count). The Morgan fingerprint density at radius 2 is 2.18 bits per heavy atom. The zero-order valence-corrected chi connectivity index (χ0v) is 13.2. The van der Waals surface area contributed by atoms with Crippen molar-refractivity contribution in [2.75, 3.05) is 13.1 Å². The lowest BCUT2D eigenvalue weighted by Crippen LogP contribution is -2.55. The standard InChI is InChI=1S/C19H24N2O/c1-2-13-12-21-10-8-14(13)11-18(21)19(22)16-7-9-20-17-6-4-3-5-15(16)17/h3-7,9,13-14,18-19,22H,2,8,10-12H2,1H3/t13-,14+,18+,19+/m1/s1. The highest BCUT2D eigenvalue weighted by atomic mass is 16.3. The van der Waals surface area contributed by atoms with E-state index in [-0.39, 0.29) is 6.04 Å². The van der Waals surface area contributed by atoms with Gasteiger partial charge in [0.2, 0.25) is 0 Å². The van der Waals surface area contributed by atoms with Crippen LogP contribution in [0.4, 0.5) is 0 Å². The topological polar surface area (TPSA) is 36.4 Å². The van der Waals surface area contributed by atoms with E-state index in [0.717, 1.165) is 47.8 Å². The molecule has 0 amide bonds. The first kappa shape index (κ1) is 14.2. The van der Waals surface area contributed by atoms with Crippen molar-refractivity contribution in [3.8, 4) is 0 Å². The van der Waals surface area contributed by atoms with Gasteiger partial charge in [-0.3, -0.25) is 9.88 Å². The van der Waals surface area contributed by atoms with E-state index < -0.39 is 6.10 Å². The highest BCUT2D eigenvalue weighted by molar-refractivity contribution is 5.82. The van der Waals surface area contributed by atoms with Crippen LogP contribution in [-0.2, 0) is 0 Å². The minimum absolute atomic E-state index is 0.271. The van der Waals surface area contributed by atoms with Crippen molar-refractivity contribution in [1.82, 2.24) is 9.88 Å². The zero-order valence-electron chi connectivity index (χ0n) is 13.2. The number of aliphatic hydroxyl groups is 1. The van der Waals surface area contributed by atoms with Crippen molar-refractivity contribution in [3.63, 3.8) is 0 Å². The van der Waals surface area contributed by atoms with Crippen LogP contribution < -0.4 is 0 Å². The molecule has 116 valence electrons. The van der Waals surface area contributed by atoms with Gasteiger partial charge in [-0.2, -0.15) is 0 Å². The smallest absolute Gasteiger partial charge is 0.0952 e. The molecule has 3 heteroatoms. The average Bonchev–Trinajstić information content (AvgIpc) is 2.60. The van der Waals surface area contributed by atoms with Gasteiger partial charge in [0.15, 0.2) is 0 Å². The molecule has 3 fully saturated rings. The third-order valence-electron chi connectivity index (χ3n) is 5.83. The summed E-state index contributed by atoms with van der Waals surface area (Å²) < 4.78 is 0. The SMILES string of the molecule is CC[C@@H]1CN2CC[C@H]1C[C@H]2[C@@H](O)c1ccnc2ccccc12. The number of para-hydroxylation sites is 1. The molecule has 22 heavy (non-hydrogen) atoms. The van der Waals surface area contributed by atoms with Crippen molar-refractivity contribution >= 4 is 10.9 Å². The largest absolute Gasteiger partial charge is 0.387 e. The number of benzene rings is 1. The molecule has 1 aromatic carbocycles. The Morgan fingerprint density at radius 3 is 2.95 bits per heavy atom. The Kier molecular flexibility index (Phi) is 3.63. The van der Waals surface area contributed by atoms with E-state index in [1.807, 2.05) is 30.5 Å². The van der Waals surface area contributed by atoms with E-state index in [0.29, 0.717) is 0 Å². The quantitative estimate of drug-likeness (QED) is 0.943. The van der Waals surface area contributed by atoms with Crippen LogP contribution >= 0.6 is 0 Å². The van der Waals surface area contributed by atoms with E-state index >= 15 is 0 Å². The van der Waals surface area contributed by atoms with Crippen LogP contribution in [0, 0.1) is 11.8 Å². The van der Waals surface area contributed by atoms with Gasteiger partial charge in [-0.1, -0.05) is 31.5 Å². The predicted molar refractivity (Wildman–Crippen MR) is 88.6 cm³/mol. The van der Waals surface area contributed by atoms with Crippen molar-refractivity contribution in [3.05, 3.63) is 42.1 Å². The first-order valence-electron chi connectivity index (χ1n) is 8.53. The van der Waals surface area contributed by atoms with Crippen molar-refractivity contribution in [1.29, 1.82) is 0 Å². The molecule has 3 saturated heterocycles. The molecule has 2 bridgehead atoms. The van der Waals surface area contributed by atoms with Crippen LogP contribution in [0.15, 0.2) is 36.5 Å². The van der Waals surface area contributed by atoms with Gasteiger partial charge in [-0.15, -0.1) is 0 Å². The Bertz CT molecular complexity index is 666. The molecule has 1 unspecified atom stereocenters. The summed E-state index contributed by atoms with van der Waals surface area (Å²) in [5.74, 6) is 1.62.